The minimum Gasteiger partial charge on any atom is -0.328 e. The third-order valence-electron chi connectivity index (χ3n) is 4.18. The van der Waals surface area contributed by atoms with Crippen LogP contribution >= 0.6 is 0 Å². The highest BCUT2D eigenvalue weighted by atomic mass is 16.1. The zero-order chi connectivity index (χ0) is 10.7. The number of carbonyl (C=O) groups excluding carboxylic acids is 1. The SMILES string of the molecule is NC1CCC(C(=O)C2CCCCC2)CC1. The Morgan fingerprint density at radius 2 is 1.33 bits per heavy atom. The quantitative estimate of drug-likeness (QED) is 0.759. The summed E-state index contributed by atoms with van der Waals surface area (Å²) in [6.45, 7) is 0. The van der Waals surface area contributed by atoms with E-state index < -0.39 is 0 Å². The van der Waals surface area contributed by atoms with Gasteiger partial charge in [-0.1, -0.05) is 19.3 Å². The highest BCUT2D eigenvalue weighted by molar-refractivity contribution is 5.83. The first-order valence-electron chi connectivity index (χ1n) is 6.56. The van der Waals surface area contributed by atoms with Gasteiger partial charge >= 0.3 is 0 Å². The molecule has 0 radical (unpaired) electrons. The van der Waals surface area contributed by atoms with Crippen LogP contribution in [-0.4, -0.2) is 11.8 Å². The van der Waals surface area contributed by atoms with E-state index in [1.165, 1.54) is 19.3 Å². The standard InChI is InChI=1S/C13H23NO/c14-12-8-6-11(7-9-12)13(15)10-4-2-1-3-5-10/h10-12H,1-9,14H2. The van der Waals surface area contributed by atoms with E-state index >= 15 is 0 Å². The number of nitrogens with two attached hydrogens (primary N) is 1. The van der Waals surface area contributed by atoms with Crippen molar-refractivity contribution in [2.45, 2.75) is 63.8 Å². The van der Waals surface area contributed by atoms with Crippen LogP contribution in [0.2, 0.25) is 0 Å². The lowest BCUT2D eigenvalue weighted by Crippen LogP contribution is -2.33. The lowest BCUT2D eigenvalue weighted by Gasteiger charge is -2.29. The maximum absolute atomic E-state index is 12.2. The summed E-state index contributed by atoms with van der Waals surface area (Å²) in [6, 6.07) is 0.361. The molecule has 2 nitrogen and oxygen atoms in total. The van der Waals surface area contributed by atoms with Crippen LogP contribution in [0.3, 0.4) is 0 Å². The van der Waals surface area contributed by atoms with Crippen molar-refractivity contribution in [1.29, 1.82) is 0 Å². The largest absolute Gasteiger partial charge is 0.328 e. The van der Waals surface area contributed by atoms with Crippen LogP contribution in [0.1, 0.15) is 57.8 Å². The molecule has 2 heteroatoms. The molecule has 2 aliphatic carbocycles. The molecule has 0 aliphatic heterocycles. The Bertz CT molecular complexity index is 213. The monoisotopic (exact) mass is 209 g/mol. The van der Waals surface area contributed by atoms with Gasteiger partial charge < -0.3 is 5.73 Å². The van der Waals surface area contributed by atoms with Gasteiger partial charge in [0, 0.05) is 17.9 Å². The van der Waals surface area contributed by atoms with Gasteiger partial charge in [0.15, 0.2) is 0 Å². The first kappa shape index (κ1) is 11.1. The van der Waals surface area contributed by atoms with E-state index in [1.54, 1.807) is 0 Å². The second-order valence-corrected chi connectivity index (χ2v) is 5.35. The summed E-state index contributed by atoms with van der Waals surface area (Å²) in [6.07, 6.45) is 10.4. The zero-order valence-corrected chi connectivity index (χ0v) is 9.58. The summed E-state index contributed by atoms with van der Waals surface area (Å²) in [5, 5.41) is 0. The van der Waals surface area contributed by atoms with E-state index in [-0.39, 0.29) is 0 Å². The number of hydrogen-bond acceptors (Lipinski definition) is 2. The van der Waals surface area contributed by atoms with Gasteiger partial charge in [-0.2, -0.15) is 0 Å². The molecule has 0 bridgehead atoms. The van der Waals surface area contributed by atoms with E-state index in [1.807, 2.05) is 0 Å². The summed E-state index contributed by atoms with van der Waals surface area (Å²) in [5.74, 6) is 1.33. The Balaban J connectivity index is 1.84. The van der Waals surface area contributed by atoms with Gasteiger partial charge in [0.2, 0.25) is 0 Å². The number of Topliss-reactive ketones (excluding diaryl/α,β-unsaturated/α-hetero) is 1. The lowest BCUT2D eigenvalue weighted by atomic mass is 9.76. The fourth-order valence-electron chi connectivity index (χ4n) is 3.12. The van der Waals surface area contributed by atoms with Crippen LogP contribution in [0.15, 0.2) is 0 Å². The van der Waals surface area contributed by atoms with Crippen molar-refractivity contribution in [2.75, 3.05) is 0 Å². The average molecular weight is 209 g/mol. The van der Waals surface area contributed by atoms with Crippen molar-refractivity contribution >= 4 is 5.78 Å². The van der Waals surface area contributed by atoms with Gasteiger partial charge in [0.1, 0.15) is 5.78 Å². The van der Waals surface area contributed by atoms with Gasteiger partial charge in [-0.25, -0.2) is 0 Å². The van der Waals surface area contributed by atoms with Crippen LogP contribution in [-0.2, 0) is 4.79 Å². The predicted molar refractivity (Wildman–Crippen MR) is 61.5 cm³/mol. The Morgan fingerprint density at radius 1 is 0.800 bits per heavy atom. The van der Waals surface area contributed by atoms with Crippen molar-refractivity contribution in [3.8, 4) is 0 Å². The molecule has 86 valence electrons. The Kier molecular flexibility index (Phi) is 3.79. The fourth-order valence-corrected chi connectivity index (χ4v) is 3.12. The molecule has 2 rings (SSSR count). The summed E-state index contributed by atoms with van der Waals surface area (Å²) < 4.78 is 0. The Morgan fingerprint density at radius 3 is 1.93 bits per heavy atom. The predicted octanol–water partition coefficient (Wildman–Crippen LogP) is 2.65. The van der Waals surface area contributed by atoms with Gasteiger partial charge in [-0.05, 0) is 38.5 Å². The van der Waals surface area contributed by atoms with E-state index in [0.29, 0.717) is 23.7 Å². The smallest absolute Gasteiger partial charge is 0.139 e. The van der Waals surface area contributed by atoms with Crippen LogP contribution in [0.5, 0.6) is 0 Å². The van der Waals surface area contributed by atoms with E-state index in [0.717, 1.165) is 38.5 Å². The van der Waals surface area contributed by atoms with E-state index in [2.05, 4.69) is 0 Å². The molecule has 0 spiro atoms. The van der Waals surface area contributed by atoms with Crippen molar-refractivity contribution < 1.29 is 4.79 Å². The topological polar surface area (TPSA) is 43.1 Å². The minimum atomic E-state index is 0.355. The summed E-state index contributed by atoms with van der Waals surface area (Å²) in [4.78, 5) is 12.2. The summed E-state index contributed by atoms with van der Waals surface area (Å²) in [5.41, 5.74) is 5.86. The first-order valence-corrected chi connectivity index (χ1v) is 6.56. The molecule has 0 aromatic rings. The number of hydrogen-bond donors (Lipinski definition) is 1. The molecule has 0 atom stereocenters. The van der Waals surface area contributed by atoms with E-state index in [4.69, 9.17) is 5.73 Å². The second-order valence-electron chi connectivity index (χ2n) is 5.35. The highest BCUT2D eigenvalue weighted by Gasteiger charge is 2.30. The molecule has 2 N–H and O–H groups in total. The maximum atomic E-state index is 12.2. The van der Waals surface area contributed by atoms with Crippen LogP contribution in [0.25, 0.3) is 0 Å². The Labute approximate surface area is 92.6 Å². The van der Waals surface area contributed by atoms with Crippen molar-refractivity contribution in [2.24, 2.45) is 17.6 Å². The van der Waals surface area contributed by atoms with Gasteiger partial charge in [-0.3, -0.25) is 4.79 Å². The molecular formula is C13H23NO. The van der Waals surface area contributed by atoms with Crippen molar-refractivity contribution in [3.05, 3.63) is 0 Å². The number of rotatable bonds is 2. The van der Waals surface area contributed by atoms with Crippen LogP contribution in [0, 0.1) is 11.8 Å². The number of carbonyl (C=O) groups is 1. The molecule has 0 unspecified atom stereocenters. The molecule has 0 aromatic carbocycles. The molecular weight excluding hydrogens is 186 g/mol. The molecule has 0 heterocycles. The van der Waals surface area contributed by atoms with Gasteiger partial charge in [0.25, 0.3) is 0 Å². The molecule has 2 fully saturated rings. The maximum Gasteiger partial charge on any atom is 0.139 e. The summed E-state index contributed by atoms with van der Waals surface area (Å²) >= 11 is 0. The summed E-state index contributed by atoms with van der Waals surface area (Å²) in [7, 11) is 0. The second kappa shape index (κ2) is 5.11. The van der Waals surface area contributed by atoms with Crippen LogP contribution < -0.4 is 5.73 Å². The Hall–Kier alpha value is -0.370. The lowest BCUT2D eigenvalue weighted by molar-refractivity contribution is -0.128. The third-order valence-corrected chi connectivity index (χ3v) is 4.18. The molecule has 2 aliphatic rings. The average Bonchev–Trinajstić information content (AvgIpc) is 2.30. The zero-order valence-electron chi connectivity index (χ0n) is 9.58. The molecule has 0 aromatic heterocycles. The molecule has 0 amide bonds. The van der Waals surface area contributed by atoms with Crippen molar-refractivity contribution in [3.63, 3.8) is 0 Å². The fraction of sp³-hybridized carbons (Fsp3) is 0.923. The van der Waals surface area contributed by atoms with Crippen molar-refractivity contribution in [1.82, 2.24) is 0 Å². The van der Waals surface area contributed by atoms with Crippen LogP contribution in [0.4, 0.5) is 0 Å². The normalized spacial score (nSPS) is 33.9. The number of ketones is 1. The van der Waals surface area contributed by atoms with Gasteiger partial charge in [-0.15, -0.1) is 0 Å². The first-order chi connectivity index (χ1) is 7.27. The minimum absolute atomic E-state index is 0.355. The molecule has 2 saturated carbocycles. The third kappa shape index (κ3) is 2.81. The highest BCUT2D eigenvalue weighted by Crippen LogP contribution is 2.32. The molecule has 0 saturated heterocycles. The molecule has 15 heavy (non-hydrogen) atoms. The van der Waals surface area contributed by atoms with Gasteiger partial charge in [0.05, 0.1) is 0 Å². The van der Waals surface area contributed by atoms with E-state index in [9.17, 15) is 4.79 Å².